The Hall–Kier alpha value is -1.45. The minimum atomic E-state index is -0.355. The summed E-state index contributed by atoms with van der Waals surface area (Å²) in [7, 11) is 0. The molecule has 1 fully saturated rings. The zero-order chi connectivity index (χ0) is 15.8. The van der Waals surface area contributed by atoms with Crippen molar-refractivity contribution in [3.63, 3.8) is 0 Å². The van der Waals surface area contributed by atoms with Gasteiger partial charge in [0.1, 0.15) is 18.7 Å². The minimum absolute atomic E-state index is 0.133. The molecule has 0 amide bonds. The number of fused-ring (bicyclic) bond motifs is 1. The van der Waals surface area contributed by atoms with Crippen LogP contribution in [0.1, 0.15) is 47.0 Å². The van der Waals surface area contributed by atoms with Gasteiger partial charge in [-0.05, 0) is 36.2 Å². The maximum absolute atomic E-state index is 11.6. The molecule has 0 aliphatic heterocycles. The number of ether oxygens (including phenoxy) is 1. The number of rotatable bonds is 3. The number of carbonyl (C=O) groups is 3. The molecule has 0 aromatic heterocycles. The van der Waals surface area contributed by atoms with E-state index in [1.54, 1.807) is 0 Å². The van der Waals surface area contributed by atoms with Gasteiger partial charge in [0.05, 0.1) is 0 Å². The molecule has 0 aromatic carbocycles. The highest BCUT2D eigenvalue weighted by Gasteiger charge is 2.56. The number of hydrogen-bond donors (Lipinski definition) is 0. The van der Waals surface area contributed by atoms with Gasteiger partial charge in [-0.2, -0.15) is 0 Å². The van der Waals surface area contributed by atoms with Gasteiger partial charge in [0.2, 0.25) is 0 Å². The molecule has 21 heavy (non-hydrogen) atoms. The van der Waals surface area contributed by atoms with Crippen molar-refractivity contribution in [2.24, 2.45) is 22.7 Å². The molecular weight excluding hydrogens is 268 g/mol. The maximum Gasteiger partial charge on any atom is 0.302 e. The fourth-order valence-corrected chi connectivity index (χ4v) is 4.54. The monoisotopic (exact) mass is 292 g/mol. The molecule has 0 bridgehead atoms. The Morgan fingerprint density at radius 3 is 2.52 bits per heavy atom. The zero-order valence-electron chi connectivity index (χ0n) is 13.2. The zero-order valence-corrected chi connectivity index (χ0v) is 13.2. The van der Waals surface area contributed by atoms with Gasteiger partial charge >= 0.3 is 5.97 Å². The standard InChI is InChI=1S/C17H24O4/c1-11(20)21-15-7-8-17(4)13(10-19)12(9-18)5-6-14(17)16(15,2)3/h5,9-10,13-15H,6-8H2,1-4H3/t13-,14-,15+,17+/m0/s1. The van der Waals surface area contributed by atoms with Crippen molar-refractivity contribution in [1.82, 2.24) is 0 Å². The first-order valence-corrected chi connectivity index (χ1v) is 7.55. The first-order valence-electron chi connectivity index (χ1n) is 7.55. The summed E-state index contributed by atoms with van der Waals surface area (Å²) in [4.78, 5) is 34.1. The van der Waals surface area contributed by atoms with E-state index in [0.717, 1.165) is 31.8 Å². The van der Waals surface area contributed by atoms with Crippen molar-refractivity contribution >= 4 is 18.5 Å². The lowest BCUT2D eigenvalue weighted by molar-refractivity contribution is -0.172. The van der Waals surface area contributed by atoms with Gasteiger partial charge in [-0.3, -0.25) is 9.59 Å². The SMILES string of the molecule is CC(=O)O[C@@H]1CC[C@]2(C)[C@@H](C=O)C(C=O)=CC[C@H]2C1(C)C. The first-order chi connectivity index (χ1) is 9.77. The maximum atomic E-state index is 11.6. The predicted molar refractivity (Wildman–Crippen MR) is 78.5 cm³/mol. The number of hydrogen-bond acceptors (Lipinski definition) is 4. The highest BCUT2D eigenvalue weighted by Crippen LogP contribution is 2.59. The Bertz CT molecular complexity index is 491. The summed E-state index contributed by atoms with van der Waals surface area (Å²) >= 11 is 0. The van der Waals surface area contributed by atoms with E-state index in [1.165, 1.54) is 6.92 Å². The van der Waals surface area contributed by atoms with Crippen LogP contribution in [0.25, 0.3) is 0 Å². The van der Waals surface area contributed by atoms with Crippen molar-refractivity contribution in [3.8, 4) is 0 Å². The molecule has 2 aliphatic rings. The molecule has 4 heteroatoms. The molecule has 0 N–H and O–H groups in total. The van der Waals surface area contributed by atoms with Crippen molar-refractivity contribution < 1.29 is 19.1 Å². The van der Waals surface area contributed by atoms with Gasteiger partial charge in [0.15, 0.2) is 0 Å². The molecule has 0 heterocycles. The molecule has 2 rings (SSSR count). The highest BCUT2D eigenvalue weighted by atomic mass is 16.5. The van der Waals surface area contributed by atoms with Crippen LogP contribution in [0.4, 0.5) is 0 Å². The smallest absolute Gasteiger partial charge is 0.302 e. The average Bonchev–Trinajstić information content (AvgIpc) is 2.40. The second-order valence-electron chi connectivity index (χ2n) is 7.19. The van der Waals surface area contributed by atoms with Crippen LogP contribution in [0.2, 0.25) is 0 Å². The van der Waals surface area contributed by atoms with Crippen LogP contribution in [0.5, 0.6) is 0 Å². The predicted octanol–water partition coefficient (Wildman–Crippen LogP) is 2.70. The third-order valence-corrected chi connectivity index (χ3v) is 5.71. The summed E-state index contributed by atoms with van der Waals surface area (Å²) in [6.45, 7) is 7.73. The largest absolute Gasteiger partial charge is 0.462 e. The van der Waals surface area contributed by atoms with Crippen molar-refractivity contribution in [3.05, 3.63) is 11.6 Å². The number of carbonyl (C=O) groups excluding carboxylic acids is 3. The molecule has 0 aromatic rings. The van der Waals surface area contributed by atoms with E-state index >= 15 is 0 Å². The van der Waals surface area contributed by atoms with E-state index < -0.39 is 0 Å². The van der Waals surface area contributed by atoms with Gasteiger partial charge in [-0.15, -0.1) is 0 Å². The Morgan fingerprint density at radius 1 is 1.33 bits per heavy atom. The van der Waals surface area contributed by atoms with Crippen molar-refractivity contribution in [2.75, 3.05) is 0 Å². The van der Waals surface area contributed by atoms with Crippen LogP contribution in [-0.4, -0.2) is 24.6 Å². The van der Waals surface area contributed by atoms with Crippen LogP contribution in [0.15, 0.2) is 11.6 Å². The summed E-state index contributed by atoms with van der Waals surface area (Å²) in [5.41, 5.74) is 0.142. The van der Waals surface area contributed by atoms with E-state index in [0.29, 0.717) is 5.57 Å². The average molecular weight is 292 g/mol. The van der Waals surface area contributed by atoms with Crippen LogP contribution in [0.3, 0.4) is 0 Å². The van der Waals surface area contributed by atoms with Crippen LogP contribution in [0, 0.1) is 22.7 Å². The van der Waals surface area contributed by atoms with Gasteiger partial charge < -0.3 is 9.53 Å². The van der Waals surface area contributed by atoms with Crippen molar-refractivity contribution in [1.29, 1.82) is 0 Å². The first kappa shape index (κ1) is 15.9. The molecule has 1 saturated carbocycles. The fourth-order valence-electron chi connectivity index (χ4n) is 4.54. The highest BCUT2D eigenvalue weighted by molar-refractivity contribution is 5.82. The normalized spacial score (nSPS) is 37.9. The minimum Gasteiger partial charge on any atom is -0.462 e. The lowest BCUT2D eigenvalue weighted by Crippen LogP contribution is -2.55. The molecule has 0 saturated heterocycles. The Labute approximate surface area is 125 Å². The second kappa shape index (κ2) is 5.39. The number of allylic oxidation sites excluding steroid dienone is 2. The van der Waals surface area contributed by atoms with Crippen LogP contribution < -0.4 is 0 Å². The lowest BCUT2D eigenvalue weighted by atomic mass is 9.48. The second-order valence-corrected chi connectivity index (χ2v) is 7.19. The van der Waals surface area contributed by atoms with Crippen LogP contribution >= 0.6 is 0 Å². The summed E-state index contributed by atoms with van der Waals surface area (Å²) in [6.07, 6.45) is 5.74. The third-order valence-electron chi connectivity index (χ3n) is 5.71. The number of aldehydes is 2. The summed E-state index contributed by atoms with van der Waals surface area (Å²) in [5.74, 6) is -0.406. The Kier molecular flexibility index (Phi) is 4.09. The Balaban J connectivity index is 2.40. The molecule has 4 nitrogen and oxygen atoms in total. The van der Waals surface area contributed by atoms with Crippen LogP contribution in [-0.2, 0) is 19.1 Å². The molecule has 0 radical (unpaired) electrons. The van der Waals surface area contributed by atoms with Gasteiger partial charge in [0.25, 0.3) is 0 Å². The molecule has 2 aliphatic carbocycles. The molecule has 0 unspecified atom stereocenters. The van der Waals surface area contributed by atoms with E-state index in [9.17, 15) is 14.4 Å². The fraction of sp³-hybridized carbons (Fsp3) is 0.706. The van der Waals surface area contributed by atoms with Gasteiger partial charge in [-0.1, -0.05) is 26.8 Å². The molecule has 4 atom stereocenters. The number of esters is 1. The van der Waals surface area contributed by atoms with Gasteiger partial charge in [-0.25, -0.2) is 0 Å². The molecular formula is C17H24O4. The molecule has 116 valence electrons. The van der Waals surface area contributed by atoms with Gasteiger partial charge in [0, 0.05) is 18.3 Å². The summed E-state index contributed by atoms with van der Waals surface area (Å²) < 4.78 is 5.51. The van der Waals surface area contributed by atoms with Crippen molar-refractivity contribution in [2.45, 2.75) is 53.1 Å². The van der Waals surface area contributed by atoms with E-state index in [-0.39, 0.29) is 34.7 Å². The molecule has 0 spiro atoms. The summed E-state index contributed by atoms with van der Waals surface area (Å²) in [6, 6.07) is 0. The third kappa shape index (κ3) is 2.45. The van der Waals surface area contributed by atoms with E-state index in [1.807, 2.05) is 6.08 Å². The Morgan fingerprint density at radius 2 is 2.00 bits per heavy atom. The van der Waals surface area contributed by atoms with E-state index in [4.69, 9.17) is 4.74 Å². The quantitative estimate of drug-likeness (QED) is 0.593. The topological polar surface area (TPSA) is 60.4 Å². The lowest BCUT2D eigenvalue weighted by Gasteiger charge is -2.57. The van der Waals surface area contributed by atoms with E-state index in [2.05, 4.69) is 20.8 Å². The summed E-state index contributed by atoms with van der Waals surface area (Å²) in [5, 5.41) is 0.